The van der Waals surface area contributed by atoms with Crippen LogP contribution in [0.5, 0.6) is 0 Å². The van der Waals surface area contributed by atoms with Gasteiger partial charge in [-0.25, -0.2) is 14.8 Å². The largest absolute Gasteiger partial charge is 0.328 e. The Bertz CT molecular complexity index is 1400. The first-order valence-corrected chi connectivity index (χ1v) is 10.1. The Morgan fingerprint density at radius 2 is 1.74 bits per heavy atom. The van der Waals surface area contributed by atoms with Crippen LogP contribution < -0.4 is 5.69 Å². The second kappa shape index (κ2) is 7.64. The molecule has 0 fully saturated rings. The number of imidazole rings is 1. The Morgan fingerprint density at radius 1 is 1.00 bits per heavy atom. The van der Waals surface area contributed by atoms with Crippen molar-refractivity contribution >= 4 is 11.2 Å². The maximum atomic E-state index is 12.6. The monoisotopic (exact) mass is 411 g/mol. The Morgan fingerprint density at radius 3 is 2.48 bits per heavy atom. The van der Waals surface area contributed by atoms with Gasteiger partial charge in [-0.05, 0) is 29.2 Å². The molecule has 8 nitrogen and oxygen atoms in total. The number of nitrogens with one attached hydrogen (secondary N) is 1. The van der Waals surface area contributed by atoms with Gasteiger partial charge in [0.15, 0.2) is 11.5 Å². The third kappa shape index (κ3) is 3.52. The number of aromatic nitrogens is 7. The third-order valence-electron chi connectivity index (χ3n) is 5.26. The van der Waals surface area contributed by atoms with Crippen LogP contribution >= 0.6 is 0 Å². The van der Waals surface area contributed by atoms with E-state index in [-0.39, 0.29) is 5.69 Å². The zero-order valence-corrected chi connectivity index (χ0v) is 17.2. The smallest absolute Gasteiger partial charge is 0.303 e. The molecule has 3 aromatic heterocycles. The van der Waals surface area contributed by atoms with Gasteiger partial charge in [0.25, 0.3) is 0 Å². The predicted molar refractivity (Wildman–Crippen MR) is 118 cm³/mol. The quantitative estimate of drug-likeness (QED) is 0.477. The molecule has 0 amide bonds. The van der Waals surface area contributed by atoms with Gasteiger partial charge in [0.1, 0.15) is 5.52 Å². The van der Waals surface area contributed by atoms with Crippen LogP contribution in [0.25, 0.3) is 28.2 Å². The highest BCUT2D eigenvalue weighted by Gasteiger charge is 2.15. The van der Waals surface area contributed by atoms with E-state index in [0.29, 0.717) is 29.5 Å². The molecule has 31 heavy (non-hydrogen) atoms. The second-order valence-corrected chi connectivity index (χ2v) is 7.67. The van der Waals surface area contributed by atoms with Crippen LogP contribution in [0.4, 0.5) is 0 Å². The fourth-order valence-corrected chi connectivity index (χ4v) is 3.69. The van der Waals surface area contributed by atoms with Gasteiger partial charge in [-0.1, -0.05) is 50.2 Å². The van der Waals surface area contributed by atoms with E-state index in [1.165, 1.54) is 5.56 Å². The molecule has 5 rings (SSSR count). The van der Waals surface area contributed by atoms with Crippen LogP contribution in [-0.4, -0.2) is 34.5 Å². The molecular weight excluding hydrogens is 390 g/mol. The number of nitrogens with zero attached hydrogens (tertiary/aromatic N) is 6. The lowest BCUT2D eigenvalue weighted by Gasteiger charge is -2.11. The van der Waals surface area contributed by atoms with Crippen molar-refractivity contribution in [2.24, 2.45) is 0 Å². The summed E-state index contributed by atoms with van der Waals surface area (Å²) in [5.41, 5.74) is 4.98. The molecule has 0 saturated heterocycles. The van der Waals surface area contributed by atoms with Gasteiger partial charge in [-0.15, -0.1) is 0 Å². The van der Waals surface area contributed by atoms with Crippen molar-refractivity contribution in [3.8, 4) is 17.1 Å². The van der Waals surface area contributed by atoms with Crippen LogP contribution in [0.15, 0.2) is 71.9 Å². The normalized spacial score (nSPS) is 11.5. The average Bonchev–Trinajstić information content (AvgIpc) is 3.43. The van der Waals surface area contributed by atoms with Crippen LogP contribution in [0.3, 0.4) is 0 Å². The highest BCUT2D eigenvalue weighted by Crippen LogP contribution is 2.27. The van der Waals surface area contributed by atoms with Crippen LogP contribution in [0.2, 0.25) is 0 Å². The number of hydrogen-bond acceptors (Lipinski definition) is 5. The zero-order valence-electron chi connectivity index (χ0n) is 17.2. The molecule has 0 radical (unpaired) electrons. The van der Waals surface area contributed by atoms with Gasteiger partial charge in [0, 0.05) is 5.56 Å². The van der Waals surface area contributed by atoms with Crippen molar-refractivity contribution < 1.29 is 0 Å². The van der Waals surface area contributed by atoms with Crippen molar-refractivity contribution in [1.82, 2.24) is 34.5 Å². The Kier molecular flexibility index (Phi) is 4.66. The van der Waals surface area contributed by atoms with Gasteiger partial charge in [-0.3, -0.25) is 4.57 Å². The van der Waals surface area contributed by atoms with Crippen LogP contribution in [0, 0.1) is 0 Å². The van der Waals surface area contributed by atoms with Gasteiger partial charge in [0.05, 0.1) is 30.8 Å². The van der Waals surface area contributed by atoms with Gasteiger partial charge in [0.2, 0.25) is 0 Å². The van der Waals surface area contributed by atoms with E-state index in [2.05, 4.69) is 40.1 Å². The van der Waals surface area contributed by atoms with E-state index in [1.54, 1.807) is 28.0 Å². The average molecular weight is 411 g/mol. The summed E-state index contributed by atoms with van der Waals surface area (Å²) in [6.45, 7) is 4.69. The molecule has 0 atom stereocenters. The molecule has 0 aliphatic carbocycles. The summed E-state index contributed by atoms with van der Waals surface area (Å²) in [5, 5.41) is 8.27. The number of rotatable bonds is 5. The van der Waals surface area contributed by atoms with Gasteiger partial charge >= 0.3 is 5.69 Å². The Balaban J connectivity index is 1.53. The number of aromatic amines is 1. The zero-order chi connectivity index (χ0) is 21.4. The summed E-state index contributed by atoms with van der Waals surface area (Å²) in [5.74, 6) is 0.955. The summed E-state index contributed by atoms with van der Waals surface area (Å²) in [7, 11) is 0. The van der Waals surface area contributed by atoms with Crippen LogP contribution in [-0.2, 0) is 6.54 Å². The molecule has 0 saturated carbocycles. The molecule has 0 bridgehead atoms. The van der Waals surface area contributed by atoms with Crippen molar-refractivity contribution in [1.29, 1.82) is 0 Å². The first kappa shape index (κ1) is 18.9. The van der Waals surface area contributed by atoms with Gasteiger partial charge < -0.3 is 4.98 Å². The number of benzene rings is 2. The SMILES string of the molecule is CC(C)c1ccccc1-c1ncc2[nH]c(=O)n(Cc3ccc(-n4nccn4)cc3)c2n1. The van der Waals surface area contributed by atoms with Crippen LogP contribution in [0.1, 0.15) is 30.9 Å². The number of hydrogen-bond donors (Lipinski definition) is 1. The first-order chi connectivity index (χ1) is 15.1. The molecule has 0 unspecified atom stereocenters. The van der Waals surface area contributed by atoms with E-state index < -0.39 is 0 Å². The first-order valence-electron chi connectivity index (χ1n) is 10.1. The molecule has 154 valence electrons. The summed E-state index contributed by atoms with van der Waals surface area (Å²) in [6.07, 6.45) is 4.95. The lowest BCUT2D eigenvalue weighted by molar-refractivity contribution is 0.747. The lowest BCUT2D eigenvalue weighted by Crippen LogP contribution is -2.17. The predicted octanol–water partition coefficient (Wildman–Crippen LogP) is 3.54. The lowest BCUT2D eigenvalue weighted by atomic mass is 9.97. The maximum Gasteiger partial charge on any atom is 0.328 e. The molecule has 8 heteroatoms. The van der Waals surface area contributed by atoms with Gasteiger partial charge in [-0.2, -0.15) is 15.0 Å². The molecule has 3 heterocycles. The molecule has 0 aliphatic heterocycles. The summed E-state index contributed by atoms with van der Waals surface area (Å²) < 4.78 is 1.64. The van der Waals surface area contributed by atoms with E-state index in [9.17, 15) is 4.79 Å². The van der Waals surface area contributed by atoms with Crippen molar-refractivity contribution in [3.63, 3.8) is 0 Å². The minimum Gasteiger partial charge on any atom is -0.303 e. The molecule has 0 spiro atoms. The molecule has 0 aliphatic rings. The minimum absolute atomic E-state index is 0.212. The standard InChI is InChI=1S/C23H21N7O/c1-15(2)18-5-3-4-6-19(18)21-24-13-20-22(28-21)29(23(31)27-20)14-16-7-9-17(10-8-16)30-25-11-12-26-30/h3-13,15H,14H2,1-2H3,(H,27,31). The highest BCUT2D eigenvalue weighted by molar-refractivity contribution is 5.73. The molecule has 1 N–H and O–H groups in total. The minimum atomic E-state index is -0.212. The summed E-state index contributed by atoms with van der Waals surface area (Å²) in [4.78, 5) is 26.3. The molecule has 5 aromatic rings. The summed E-state index contributed by atoms with van der Waals surface area (Å²) in [6, 6.07) is 15.9. The fraction of sp³-hybridized carbons (Fsp3) is 0.174. The Labute approximate surface area is 178 Å². The third-order valence-corrected chi connectivity index (χ3v) is 5.26. The fourth-order valence-electron chi connectivity index (χ4n) is 3.69. The number of H-pyrrole nitrogens is 1. The van der Waals surface area contributed by atoms with E-state index >= 15 is 0 Å². The van der Waals surface area contributed by atoms with E-state index in [1.807, 2.05) is 42.5 Å². The van der Waals surface area contributed by atoms with E-state index in [4.69, 9.17) is 4.98 Å². The van der Waals surface area contributed by atoms with Crippen molar-refractivity contribution in [3.05, 3.63) is 88.7 Å². The Hall–Kier alpha value is -4.07. The van der Waals surface area contributed by atoms with Crippen molar-refractivity contribution in [2.45, 2.75) is 26.3 Å². The molecule has 2 aromatic carbocycles. The number of fused-ring (bicyclic) bond motifs is 1. The van der Waals surface area contributed by atoms with Crippen molar-refractivity contribution in [2.75, 3.05) is 0 Å². The highest BCUT2D eigenvalue weighted by atomic mass is 16.1. The second-order valence-electron chi connectivity index (χ2n) is 7.67. The summed E-state index contributed by atoms with van der Waals surface area (Å²) >= 11 is 0. The topological polar surface area (TPSA) is 94.3 Å². The molecular formula is C23H21N7O. The maximum absolute atomic E-state index is 12.6. The van der Waals surface area contributed by atoms with E-state index in [0.717, 1.165) is 16.8 Å².